The summed E-state index contributed by atoms with van der Waals surface area (Å²) in [6, 6.07) is 3.70. The molecule has 0 bridgehead atoms. The summed E-state index contributed by atoms with van der Waals surface area (Å²) in [6.07, 6.45) is 3.52. The molecule has 1 amide bonds. The highest BCUT2D eigenvalue weighted by Crippen LogP contribution is 2.24. The summed E-state index contributed by atoms with van der Waals surface area (Å²) in [5.74, 6) is 1.88. The van der Waals surface area contributed by atoms with Crippen LogP contribution in [-0.2, 0) is 5.54 Å². The number of rotatable bonds is 7. The lowest BCUT2D eigenvalue weighted by molar-refractivity contribution is -0.937. The van der Waals surface area contributed by atoms with E-state index in [1.165, 1.54) is 4.90 Å². The molecule has 2 aromatic heterocycles. The Hall–Kier alpha value is -2.22. The van der Waals surface area contributed by atoms with Crippen molar-refractivity contribution in [2.24, 2.45) is 5.92 Å². The predicted molar refractivity (Wildman–Crippen MR) is 105 cm³/mol. The SMILES string of the molecule is CCC(C)(C)n1nnnc1[C@@H](CC(C)C)[NH+]1CCN(C(=O)c2ccco2)CC1. The molecule has 0 unspecified atom stereocenters. The smallest absolute Gasteiger partial charge is 0.289 e. The van der Waals surface area contributed by atoms with Gasteiger partial charge in [0.15, 0.2) is 11.8 Å². The summed E-state index contributed by atoms with van der Waals surface area (Å²) in [5, 5.41) is 12.8. The van der Waals surface area contributed by atoms with Crippen LogP contribution in [0.3, 0.4) is 0 Å². The van der Waals surface area contributed by atoms with E-state index in [-0.39, 0.29) is 17.5 Å². The van der Waals surface area contributed by atoms with Crippen LogP contribution in [0.5, 0.6) is 0 Å². The van der Waals surface area contributed by atoms with Crippen LogP contribution in [-0.4, -0.2) is 57.2 Å². The summed E-state index contributed by atoms with van der Waals surface area (Å²) in [6.45, 7) is 14.2. The average molecular weight is 390 g/mol. The molecule has 0 saturated carbocycles. The molecular formula is C20H33N6O2+. The van der Waals surface area contributed by atoms with Crippen molar-refractivity contribution in [1.29, 1.82) is 0 Å². The van der Waals surface area contributed by atoms with E-state index in [9.17, 15) is 4.79 Å². The Morgan fingerprint density at radius 1 is 1.32 bits per heavy atom. The Morgan fingerprint density at radius 3 is 2.61 bits per heavy atom. The number of nitrogens with one attached hydrogen (secondary N) is 1. The summed E-state index contributed by atoms with van der Waals surface area (Å²) in [4.78, 5) is 15.9. The molecule has 2 aromatic rings. The number of tetrazole rings is 1. The van der Waals surface area contributed by atoms with E-state index in [0.717, 1.165) is 31.8 Å². The maximum atomic E-state index is 12.6. The van der Waals surface area contributed by atoms with Gasteiger partial charge in [-0.05, 0) is 48.7 Å². The molecule has 8 heteroatoms. The largest absolute Gasteiger partial charge is 0.459 e. The molecule has 1 fully saturated rings. The fraction of sp³-hybridized carbons (Fsp3) is 0.700. The predicted octanol–water partition coefficient (Wildman–Crippen LogP) is 1.54. The van der Waals surface area contributed by atoms with E-state index in [0.29, 0.717) is 24.8 Å². The highest BCUT2D eigenvalue weighted by Gasteiger charge is 2.37. The van der Waals surface area contributed by atoms with E-state index >= 15 is 0 Å². The highest BCUT2D eigenvalue weighted by atomic mass is 16.3. The summed E-state index contributed by atoms with van der Waals surface area (Å²) in [5.41, 5.74) is -0.120. The summed E-state index contributed by atoms with van der Waals surface area (Å²) >= 11 is 0. The van der Waals surface area contributed by atoms with Crippen molar-refractivity contribution in [1.82, 2.24) is 25.1 Å². The minimum absolute atomic E-state index is 0.0265. The zero-order valence-corrected chi connectivity index (χ0v) is 17.7. The van der Waals surface area contributed by atoms with E-state index < -0.39 is 0 Å². The third kappa shape index (κ3) is 4.27. The fourth-order valence-electron chi connectivity index (χ4n) is 3.82. The molecule has 0 aliphatic carbocycles. The monoisotopic (exact) mass is 389 g/mol. The van der Waals surface area contributed by atoms with Gasteiger partial charge in [0.05, 0.1) is 38.0 Å². The number of amides is 1. The number of hydrogen-bond donors (Lipinski definition) is 1. The van der Waals surface area contributed by atoms with Crippen molar-refractivity contribution in [2.75, 3.05) is 26.2 Å². The van der Waals surface area contributed by atoms with E-state index in [1.54, 1.807) is 18.4 Å². The normalized spacial score (nSPS) is 17.3. The first-order chi connectivity index (χ1) is 13.3. The summed E-state index contributed by atoms with van der Waals surface area (Å²) in [7, 11) is 0. The van der Waals surface area contributed by atoms with E-state index in [2.05, 4.69) is 50.1 Å². The molecule has 1 atom stereocenters. The summed E-state index contributed by atoms with van der Waals surface area (Å²) < 4.78 is 7.28. The fourth-order valence-corrected chi connectivity index (χ4v) is 3.82. The number of nitrogens with zero attached hydrogens (tertiary/aromatic N) is 5. The molecule has 154 valence electrons. The molecule has 1 N–H and O–H groups in total. The molecule has 1 aliphatic rings. The molecule has 3 heterocycles. The maximum absolute atomic E-state index is 12.6. The van der Waals surface area contributed by atoms with Crippen LogP contribution in [0, 0.1) is 5.92 Å². The van der Waals surface area contributed by atoms with Crippen molar-refractivity contribution in [3.8, 4) is 0 Å². The first kappa shape index (κ1) is 20.5. The van der Waals surface area contributed by atoms with Gasteiger partial charge in [0.1, 0.15) is 0 Å². The Bertz CT molecular complexity index is 760. The second-order valence-corrected chi connectivity index (χ2v) is 8.72. The zero-order chi connectivity index (χ0) is 20.3. The van der Waals surface area contributed by atoms with Crippen LogP contribution in [0.15, 0.2) is 22.8 Å². The number of quaternary nitrogens is 1. The lowest BCUT2D eigenvalue weighted by Gasteiger charge is -2.37. The average Bonchev–Trinajstić information content (AvgIpc) is 3.37. The first-order valence-electron chi connectivity index (χ1n) is 10.3. The number of furan rings is 1. The molecule has 1 aliphatic heterocycles. The van der Waals surface area contributed by atoms with Crippen LogP contribution in [0.1, 0.15) is 69.9 Å². The second-order valence-electron chi connectivity index (χ2n) is 8.72. The van der Waals surface area contributed by atoms with Crippen molar-refractivity contribution >= 4 is 5.91 Å². The van der Waals surface area contributed by atoms with Crippen molar-refractivity contribution in [2.45, 2.75) is 59.0 Å². The topological polar surface area (TPSA) is 81.5 Å². The van der Waals surface area contributed by atoms with Gasteiger partial charge >= 0.3 is 0 Å². The Labute approximate surface area is 166 Å². The van der Waals surface area contributed by atoms with Crippen molar-refractivity contribution in [3.05, 3.63) is 30.0 Å². The number of hydrogen-bond acceptors (Lipinski definition) is 5. The molecule has 0 aromatic carbocycles. The Morgan fingerprint density at radius 2 is 2.04 bits per heavy atom. The van der Waals surface area contributed by atoms with Gasteiger partial charge < -0.3 is 14.2 Å². The maximum Gasteiger partial charge on any atom is 0.289 e. The second kappa shape index (κ2) is 8.43. The molecule has 3 rings (SSSR count). The lowest BCUT2D eigenvalue weighted by Crippen LogP contribution is -3.15. The quantitative estimate of drug-likeness (QED) is 0.777. The van der Waals surface area contributed by atoms with Gasteiger partial charge in [-0.1, -0.05) is 20.8 Å². The highest BCUT2D eigenvalue weighted by molar-refractivity contribution is 5.91. The third-order valence-corrected chi connectivity index (χ3v) is 5.87. The van der Waals surface area contributed by atoms with Gasteiger partial charge in [0.25, 0.3) is 5.91 Å². The molecular weight excluding hydrogens is 356 g/mol. The Balaban J connectivity index is 1.76. The molecule has 0 radical (unpaired) electrons. The van der Waals surface area contributed by atoms with Crippen molar-refractivity contribution in [3.63, 3.8) is 0 Å². The minimum Gasteiger partial charge on any atom is -0.459 e. The number of piperazine rings is 1. The molecule has 1 saturated heterocycles. The Kier molecular flexibility index (Phi) is 6.17. The zero-order valence-electron chi connectivity index (χ0n) is 17.7. The van der Waals surface area contributed by atoms with Crippen LogP contribution in [0.4, 0.5) is 0 Å². The number of carbonyl (C=O) groups excluding carboxylic acids is 1. The van der Waals surface area contributed by atoms with E-state index in [1.807, 2.05) is 9.58 Å². The van der Waals surface area contributed by atoms with Crippen LogP contribution in [0.25, 0.3) is 0 Å². The standard InChI is InChI=1S/C20H32N6O2/c1-6-20(4,5)26-18(21-22-23-26)16(14-15(2)3)24-9-11-25(12-10-24)19(27)17-8-7-13-28-17/h7-8,13,15-16H,6,9-12,14H2,1-5H3/p+1/t16-/m1/s1. The number of carbonyl (C=O) groups is 1. The molecule has 28 heavy (non-hydrogen) atoms. The van der Waals surface area contributed by atoms with Crippen LogP contribution < -0.4 is 4.90 Å². The van der Waals surface area contributed by atoms with Crippen LogP contribution >= 0.6 is 0 Å². The van der Waals surface area contributed by atoms with Gasteiger partial charge in [-0.15, -0.1) is 5.10 Å². The van der Waals surface area contributed by atoms with Gasteiger partial charge in [0, 0.05) is 6.42 Å². The van der Waals surface area contributed by atoms with Crippen LogP contribution in [0.2, 0.25) is 0 Å². The first-order valence-corrected chi connectivity index (χ1v) is 10.3. The minimum atomic E-state index is -0.120. The lowest BCUT2D eigenvalue weighted by atomic mass is 9.98. The van der Waals surface area contributed by atoms with Gasteiger partial charge in [-0.3, -0.25) is 4.79 Å². The molecule has 0 spiro atoms. The van der Waals surface area contributed by atoms with E-state index in [4.69, 9.17) is 4.42 Å². The van der Waals surface area contributed by atoms with Gasteiger partial charge in [0.2, 0.25) is 5.82 Å². The van der Waals surface area contributed by atoms with Gasteiger partial charge in [-0.25, -0.2) is 4.68 Å². The molecule has 8 nitrogen and oxygen atoms in total. The van der Waals surface area contributed by atoms with Gasteiger partial charge in [-0.2, -0.15) is 0 Å². The third-order valence-electron chi connectivity index (χ3n) is 5.87. The number of aromatic nitrogens is 4. The van der Waals surface area contributed by atoms with Crippen molar-refractivity contribution < 1.29 is 14.1 Å².